The van der Waals surface area contributed by atoms with Crippen molar-refractivity contribution in [2.75, 3.05) is 38.7 Å². The summed E-state index contributed by atoms with van der Waals surface area (Å²) in [6.07, 6.45) is 3.61. The average Bonchev–Trinajstić information content (AvgIpc) is 3.79. The number of allylic oxidation sites excluding steroid dienone is 2. The topological polar surface area (TPSA) is 235 Å². The molecule has 372 valence electrons. The Hall–Kier alpha value is -5.36. The zero-order chi connectivity index (χ0) is 50.2. The van der Waals surface area contributed by atoms with Gasteiger partial charge < -0.3 is 54.3 Å². The van der Waals surface area contributed by atoms with Crippen LogP contribution in [-0.4, -0.2) is 118 Å². The number of esters is 2. The molecule has 17 nitrogen and oxygen atoms in total. The molecule has 4 heterocycles. The van der Waals surface area contributed by atoms with Crippen LogP contribution in [0.2, 0.25) is 0 Å². The van der Waals surface area contributed by atoms with Crippen molar-refractivity contribution in [1.29, 1.82) is 0 Å². The molecule has 0 saturated carbocycles. The zero-order valence-electron chi connectivity index (χ0n) is 41.4. The van der Waals surface area contributed by atoms with E-state index >= 15 is 0 Å². The molecule has 0 radical (unpaired) electrons. The number of nitrogens with zero attached hydrogens (tertiary/aromatic N) is 3. The molecule has 2 aromatic rings. The maximum Gasteiger partial charge on any atom is 0.317 e. The van der Waals surface area contributed by atoms with Gasteiger partial charge in [0.25, 0.3) is 11.7 Å². The van der Waals surface area contributed by atoms with E-state index in [-0.39, 0.29) is 56.5 Å². The summed E-state index contributed by atoms with van der Waals surface area (Å²) in [6, 6.07) is 0. The molecule has 4 aliphatic heterocycles. The van der Waals surface area contributed by atoms with Crippen LogP contribution in [0.15, 0.2) is 46.1 Å². The number of anilines is 1. The van der Waals surface area contributed by atoms with Crippen LogP contribution in [0.25, 0.3) is 10.8 Å². The zero-order valence-corrected chi connectivity index (χ0v) is 41.4. The summed E-state index contributed by atoms with van der Waals surface area (Å²) >= 11 is 0. The number of phenolic OH excluding ortho intramolecular Hbond substituents is 2. The molecule has 1 spiro atoms. The molecule has 0 unspecified atom stereocenters. The molecule has 5 N–H and O–H groups in total. The molecule has 4 bridgehead atoms. The molecular formula is C51H70N4O13. The van der Waals surface area contributed by atoms with Gasteiger partial charge in [-0.3, -0.25) is 24.2 Å². The van der Waals surface area contributed by atoms with Crippen molar-refractivity contribution in [3.05, 3.63) is 58.0 Å². The molecule has 1 saturated heterocycles. The van der Waals surface area contributed by atoms with Crippen LogP contribution in [-0.2, 0) is 33.3 Å². The minimum Gasteiger partial charge on any atom is -0.507 e. The normalized spacial score (nSPS) is 30.5. The number of methoxy groups -OCH3 is 1. The van der Waals surface area contributed by atoms with Crippen molar-refractivity contribution in [1.82, 2.24) is 4.90 Å². The Morgan fingerprint density at radius 2 is 1.59 bits per heavy atom. The number of amides is 1. The third-order valence-corrected chi connectivity index (χ3v) is 13.7. The van der Waals surface area contributed by atoms with E-state index in [1.807, 2.05) is 13.8 Å². The Balaban J connectivity index is 1.49. The summed E-state index contributed by atoms with van der Waals surface area (Å²) in [5.41, 5.74) is -0.257. The Morgan fingerprint density at radius 1 is 0.912 bits per heavy atom. The summed E-state index contributed by atoms with van der Waals surface area (Å²) < 4.78 is 29.5. The molecule has 17 heteroatoms. The van der Waals surface area contributed by atoms with E-state index in [9.17, 15) is 39.6 Å². The van der Waals surface area contributed by atoms with Crippen LogP contribution in [0.3, 0.4) is 0 Å². The van der Waals surface area contributed by atoms with Gasteiger partial charge in [0.15, 0.2) is 5.75 Å². The molecule has 1 amide bonds. The van der Waals surface area contributed by atoms with Gasteiger partial charge in [0.1, 0.15) is 40.4 Å². The molecule has 9 atom stereocenters. The lowest BCUT2D eigenvalue weighted by molar-refractivity contribution is -0.168. The minimum absolute atomic E-state index is 0.0205. The number of fused-ring (bicyclic) bond motifs is 1. The van der Waals surface area contributed by atoms with Crippen LogP contribution in [0, 0.1) is 42.4 Å². The van der Waals surface area contributed by atoms with Crippen LogP contribution in [0.5, 0.6) is 17.2 Å². The Kier molecular flexibility index (Phi) is 15.8. The number of ketones is 1. The van der Waals surface area contributed by atoms with Gasteiger partial charge in [-0.05, 0) is 31.8 Å². The summed E-state index contributed by atoms with van der Waals surface area (Å²) in [6.45, 7) is 21.8. The van der Waals surface area contributed by atoms with Crippen molar-refractivity contribution >= 4 is 40.1 Å². The lowest BCUT2D eigenvalue weighted by Gasteiger charge is -2.38. The number of nitrogens with one attached hydrogen (secondary N) is 1. The Bertz CT molecular complexity index is 2510. The number of carbonyl (C=O) groups is 4. The predicted octanol–water partition coefficient (Wildman–Crippen LogP) is 5.32. The number of likely N-dealkylation sites (tertiary alicyclic amines) is 1. The first-order chi connectivity index (χ1) is 31.9. The molecular weight excluding hydrogens is 877 g/mol. The largest absolute Gasteiger partial charge is 0.507 e. The van der Waals surface area contributed by atoms with Crippen molar-refractivity contribution in [3.8, 4) is 17.2 Å². The number of benzene rings is 2. The number of Topliss-reactive ketones (excluding diaryl/α,β-unsaturated/α-hetero) is 1. The number of ether oxygens (including phenoxy) is 5. The first kappa shape index (κ1) is 52.0. The summed E-state index contributed by atoms with van der Waals surface area (Å²) in [4.78, 5) is 66.6. The van der Waals surface area contributed by atoms with E-state index in [0.717, 1.165) is 6.54 Å². The standard InChI is InChI=1S/C51H70N4O13/c1-25(2)23-55-19-17-51(18-20-55)53-39-36-37-44(60)32(10)47-38(36)48(62)50(11,68-47)66-21-16-33(64-12)29(7)46(67-35(57)22-34(56)65-24-26(3)4)31(9)43(59)30(8)42(58)27(5)14-13-15-28(6)49(63)52-41(45(37)61)40(39)54-51/h13-16,21,25-27,29-31,33,42-43,46,53,58-61H,17-20,22-24H2,1-12H3/b14-13+,21-16+,28-15-,52-41?/t27-,29+,30+,31+,33-,42-,43+,46+,50-/m0/s1. The molecule has 2 aromatic carbocycles. The van der Waals surface area contributed by atoms with Crippen molar-refractivity contribution in [2.24, 2.45) is 45.5 Å². The maximum atomic E-state index is 14.9. The number of aliphatic hydroxyl groups excluding tert-OH is 2. The quantitative estimate of drug-likeness (QED) is 0.128. The molecule has 0 aromatic heterocycles. The second-order valence-corrected chi connectivity index (χ2v) is 20.1. The first-order valence-electron chi connectivity index (χ1n) is 23.7. The third-order valence-electron chi connectivity index (χ3n) is 13.7. The number of hydrogen-bond donors (Lipinski definition) is 5. The van der Waals surface area contributed by atoms with E-state index in [2.05, 4.69) is 29.1 Å². The Labute approximate surface area is 397 Å². The highest BCUT2D eigenvalue weighted by Gasteiger charge is 2.51. The second-order valence-electron chi connectivity index (χ2n) is 20.1. The van der Waals surface area contributed by atoms with Gasteiger partial charge in [-0.1, -0.05) is 73.6 Å². The molecule has 1 fully saturated rings. The van der Waals surface area contributed by atoms with E-state index < -0.39 is 101 Å². The van der Waals surface area contributed by atoms with E-state index in [1.165, 1.54) is 39.4 Å². The molecule has 6 rings (SSSR count). The van der Waals surface area contributed by atoms with Gasteiger partial charge in [0, 0.05) is 86.7 Å². The number of aromatic hydroxyl groups is 2. The highest BCUT2D eigenvalue weighted by Crippen LogP contribution is 2.51. The lowest BCUT2D eigenvalue weighted by atomic mass is 9.78. The highest BCUT2D eigenvalue weighted by molar-refractivity contribution is 6.21. The van der Waals surface area contributed by atoms with Crippen LogP contribution < -0.4 is 20.8 Å². The summed E-state index contributed by atoms with van der Waals surface area (Å²) in [5, 5.41) is 51.0. The number of hydrogen-bond acceptors (Lipinski definition) is 16. The maximum absolute atomic E-state index is 14.9. The summed E-state index contributed by atoms with van der Waals surface area (Å²) in [5.74, 6) is -8.34. The van der Waals surface area contributed by atoms with Gasteiger partial charge in [0.05, 0.1) is 47.8 Å². The number of aliphatic hydroxyl groups is 2. The van der Waals surface area contributed by atoms with Gasteiger partial charge in [-0.25, -0.2) is 4.99 Å². The third kappa shape index (κ3) is 10.5. The van der Waals surface area contributed by atoms with Crippen LogP contribution >= 0.6 is 0 Å². The number of phenols is 2. The fourth-order valence-electron chi connectivity index (χ4n) is 9.67. The average molecular weight is 947 g/mol. The lowest BCUT2D eigenvalue weighted by Crippen LogP contribution is -2.47. The molecule has 4 aliphatic rings. The smallest absolute Gasteiger partial charge is 0.317 e. The fourth-order valence-corrected chi connectivity index (χ4v) is 9.67. The van der Waals surface area contributed by atoms with Gasteiger partial charge >= 0.3 is 17.7 Å². The van der Waals surface area contributed by atoms with E-state index in [4.69, 9.17) is 28.7 Å². The predicted molar refractivity (Wildman–Crippen MR) is 252 cm³/mol. The van der Waals surface area contributed by atoms with Crippen molar-refractivity contribution in [2.45, 2.75) is 131 Å². The summed E-state index contributed by atoms with van der Waals surface area (Å²) in [7, 11) is 1.42. The molecule has 68 heavy (non-hydrogen) atoms. The van der Waals surface area contributed by atoms with Gasteiger partial charge in [0.2, 0.25) is 0 Å². The number of rotatable bonds is 8. The fraction of sp³-hybridized carbons (Fsp3) is 0.608. The van der Waals surface area contributed by atoms with Gasteiger partial charge in [-0.15, -0.1) is 0 Å². The highest BCUT2D eigenvalue weighted by atomic mass is 16.7. The van der Waals surface area contributed by atoms with E-state index in [1.54, 1.807) is 46.8 Å². The van der Waals surface area contributed by atoms with Crippen LogP contribution in [0.1, 0.15) is 104 Å². The number of piperidine rings is 1. The van der Waals surface area contributed by atoms with E-state index in [0.29, 0.717) is 37.5 Å². The SMILES string of the molecule is CO[C@H]1/C=C/O[C@@]2(C)Oc3c(C)c(O)c4c(O)c(c5c(c4c3C2=O)NC2(CCN(CC(C)C)CC2)N=5)=NC(=O)/C(C)=C\C=C\[C@H](C)[C@H](O)[C@@H](C)[C@@H](O)[C@@H](C)[C@H](OC(=O)CC(=O)OCC(C)C)[C@@H]1C. The molecule has 0 aliphatic carbocycles. The first-order valence-corrected chi connectivity index (χ1v) is 23.7. The monoisotopic (exact) mass is 946 g/mol. The second kappa shape index (κ2) is 20.7. The van der Waals surface area contributed by atoms with Crippen molar-refractivity contribution < 1.29 is 63.3 Å². The van der Waals surface area contributed by atoms with Crippen LogP contribution in [0.4, 0.5) is 5.69 Å². The number of carbonyl (C=O) groups excluding carboxylic acids is 4. The minimum atomic E-state index is -2.01. The van der Waals surface area contributed by atoms with Crippen molar-refractivity contribution in [3.63, 3.8) is 0 Å². The Morgan fingerprint density at radius 3 is 2.22 bits per heavy atom. The van der Waals surface area contributed by atoms with Gasteiger partial charge in [-0.2, -0.15) is 0 Å².